The summed E-state index contributed by atoms with van der Waals surface area (Å²) in [5.74, 6) is -1.01. The summed E-state index contributed by atoms with van der Waals surface area (Å²) >= 11 is 0. The Morgan fingerprint density at radius 3 is 2.67 bits per heavy atom. The topological polar surface area (TPSA) is 107 Å². The molecule has 7 rings (SSSR count). The van der Waals surface area contributed by atoms with Gasteiger partial charge in [0.05, 0.1) is 22.5 Å². The number of anilines is 1. The summed E-state index contributed by atoms with van der Waals surface area (Å²) in [4.78, 5) is 32.4. The molecule has 4 aromatic rings. The van der Waals surface area contributed by atoms with E-state index in [2.05, 4.69) is 32.7 Å². The highest BCUT2D eigenvalue weighted by atomic mass is 19.1. The molecule has 254 valence electrons. The molecule has 0 unspecified atom stereocenters. The van der Waals surface area contributed by atoms with Gasteiger partial charge in [-0.2, -0.15) is 9.97 Å². The number of terminal acetylenes is 1. The van der Waals surface area contributed by atoms with Gasteiger partial charge in [-0.25, -0.2) is 13.2 Å². The number of aromatic hydroxyl groups is 1. The summed E-state index contributed by atoms with van der Waals surface area (Å²) < 4.78 is 51.8. The van der Waals surface area contributed by atoms with Crippen LogP contribution in [-0.2, 0) is 4.79 Å². The third-order valence-electron chi connectivity index (χ3n) is 9.98. The van der Waals surface area contributed by atoms with E-state index in [-0.39, 0.29) is 57.0 Å². The molecule has 0 radical (unpaired) electrons. The van der Waals surface area contributed by atoms with Crippen molar-refractivity contribution in [3.63, 3.8) is 0 Å². The highest BCUT2D eigenvalue weighted by Crippen LogP contribution is 2.41. The third-order valence-corrected chi connectivity index (χ3v) is 9.98. The predicted molar refractivity (Wildman–Crippen MR) is 180 cm³/mol. The van der Waals surface area contributed by atoms with Crippen molar-refractivity contribution in [2.75, 3.05) is 57.8 Å². The maximum Gasteiger partial charge on any atom is 0.319 e. The van der Waals surface area contributed by atoms with Crippen molar-refractivity contribution >= 4 is 33.4 Å². The number of likely N-dealkylation sites (N-methyl/N-ethyl adjacent to an activating group) is 1. The first kappa shape index (κ1) is 32.6. The zero-order chi connectivity index (χ0) is 34.4. The Bertz CT molecular complexity index is 2020. The first-order valence-corrected chi connectivity index (χ1v) is 16.3. The van der Waals surface area contributed by atoms with Crippen molar-refractivity contribution in [1.82, 2.24) is 30.1 Å². The number of ether oxygens (including phenoxy) is 1. The molecule has 13 heteroatoms. The van der Waals surface area contributed by atoms with Crippen molar-refractivity contribution in [2.24, 2.45) is 0 Å². The fourth-order valence-electron chi connectivity index (χ4n) is 7.65. The molecule has 3 saturated heterocycles. The summed E-state index contributed by atoms with van der Waals surface area (Å²) in [6, 6.07) is 4.82. The number of phenolic OH excluding ortho intramolecular Hbond substituents is 1. The molecular weight excluding hydrogens is 635 g/mol. The van der Waals surface area contributed by atoms with Crippen LogP contribution in [0.2, 0.25) is 0 Å². The van der Waals surface area contributed by atoms with Crippen molar-refractivity contribution in [3.8, 4) is 35.4 Å². The number of pyridine rings is 1. The SMILES string of the molecule is C#Cc1c(F)ccc2cc(O)cc(-c3ncc4c(N5CCN(C)C[C@H](NC(=O)C(=C)F)C5)nc(OCC56CCCN5CCC6)nc4c3F)c12. The van der Waals surface area contributed by atoms with E-state index in [1.807, 2.05) is 16.8 Å². The maximum atomic E-state index is 16.9. The molecule has 0 saturated carbocycles. The third kappa shape index (κ3) is 6.00. The van der Waals surface area contributed by atoms with Gasteiger partial charge < -0.3 is 25.0 Å². The molecular formula is C36H36F3N7O3. The van der Waals surface area contributed by atoms with Gasteiger partial charge in [-0.3, -0.25) is 14.7 Å². The Morgan fingerprint density at radius 2 is 1.94 bits per heavy atom. The van der Waals surface area contributed by atoms with Crippen LogP contribution < -0.4 is 15.0 Å². The molecule has 1 amide bonds. The normalized spacial score (nSPS) is 19.5. The van der Waals surface area contributed by atoms with Crippen LogP contribution >= 0.6 is 0 Å². The van der Waals surface area contributed by atoms with E-state index >= 15 is 4.39 Å². The smallest absolute Gasteiger partial charge is 0.319 e. The Hall–Kier alpha value is -4.93. The van der Waals surface area contributed by atoms with Gasteiger partial charge in [-0.05, 0) is 69.4 Å². The molecule has 0 aliphatic carbocycles. The van der Waals surface area contributed by atoms with E-state index in [0.29, 0.717) is 37.4 Å². The van der Waals surface area contributed by atoms with Crippen LogP contribution in [0.5, 0.6) is 11.8 Å². The average Bonchev–Trinajstić information content (AvgIpc) is 3.60. The molecule has 5 heterocycles. The van der Waals surface area contributed by atoms with E-state index in [4.69, 9.17) is 16.1 Å². The van der Waals surface area contributed by atoms with Gasteiger partial charge in [-0.15, -0.1) is 6.42 Å². The number of amides is 1. The second-order valence-corrected chi connectivity index (χ2v) is 13.2. The fourth-order valence-corrected chi connectivity index (χ4v) is 7.65. The van der Waals surface area contributed by atoms with E-state index < -0.39 is 29.4 Å². The Kier molecular flexibility index (Phi) is 8.54. The Labute approximate surface area is 281 Å². The lowest BCUT2D eigenvalue weighted by molar-refractivity contribution is -0.119. The number of aromatic nitrogens is 3. The van der Waals surface area contributed by atoms with E-state index in [1.54, 1.807) is 0 Å². The minimum Gasteiger partial charge on any atom is -0.508 e. The zero-order valence-corrected chi connectivity index (χ0v) is 27.1. The molecule has 2 N–H and O–H groups in total. The van der Waals surface area contributed by atoms with Crippen LogP contribution in [0.4, 0.5) is 19.0 Å². The van der Waals surface area contributed by atoms with E-state index in [0.717, 1.165) is 38.8 Å². The number of nitrogens with one attached hydrogen (secondary N) is 1. The molecule has 3 fully saturated rings. The Balaban J connectivity index is 1.37. The van der Waals surface area contributed by atoms with Crippen LogP contribution in [0, 0.1) is 24.0 Å². The number of benzene rings is 2. The quantitative estimate of drug-likeness (QED) is 0.217. The standard InChI is InChI=1S/C36H36F3N7O3/c1-4-25-28(38)8-7-22-15-24(47)16-26(29(22)25)31-30(39)32-27(17-40-31)33(45-14-13-44(3)18-23(19-45)41-34(48)21(2)37)43-35(42-32)49-20-36-9-5-11-46(36)12-6-10-36/h1,7-8,15-17,23,47H,2,5-6,9-14,18-20H2,3H3,(H,41,48)/t23-/m0/s1. The van der Waals surface area contributed by atoms with E-state index in [9.17, 15) is 18.7 Å². The molecule has 0 bridgehead atoms. The summed E-state index contributed by atoms with van der Waals surface area (Å²) in [5.41, 5.74) is -0.406. The first-order valence-electron chi connectivity index (χ1n) is 16.3. The number of hydrogen-bond donors (Lipinski definition) is 2. The van der Waals surface area contributed by atoms with Crippen molar-refractivity contribution in [2.45, 2.75) is 37.3 Å². The Morgan fingerprint density at radius 1 is 1.16 bits per heavy atom. The lowest BCUT2D eigenvalue weighted by Gasteiger charge is -2.31. The number of halogens is 3. The number of nitrogens with zero attached hydrogens (tertiary/aromatic N) is 6. The predicted octanol–water partition coefficient (Wildman–Crippen LogP) is 4.54. The van der Waals surface area contributed by atoms with Gasteiger partial charge >= 0.3 is 6.01 Å². The van der Waals surface area contributed by atoms with Gasteiger partial charge in [0, 0.05) is 43.3 Å². The number of rotatable bonds is 7. The fraction of sp³-hybridized carbons (Fsp3) is 0.389. The number of carbonyl (C=O) groups excluding carboxylic acids is 1. The summed E-state index contributed by atoms with van der Waals surface area (Å²) in [6.07, 6.45) is 11.2. The molecule has 49 heavy (non-hydrogen) atoms. The highest BCUT2D eigenvalue weighted by Gasteiger charge is 2.45. The molecule has 10 nitrogen and oxygen atoms in total. The van der Waals surface area contributed by atoms with Crippen LogP contribution in [0.15, 0.2) is 42.9 Å². The molecule has 1 atom stereocenters. The first-order chi connectivity index (χ1) is 23.6. The number of fused-ring (bicyclic) bond motifs is 3. The zero-order valence-electron chi connectivity index (χ0n) is 27.1. The minimum atomic E-state index is -1.10. The molecule has 0 spiro atoms. The van der Waals surface area contributed by atoms with Crippen molar-refractivity contribution in [3.05, 3.63) is 60.1 Å². The van der Waals surface area contributed by atoms with Gasteiger partial charge in [-0.1, -0.05) is 18.6 Å². The van der Waals surface area contributed by atoms with Crippen LogP contribution in [0.25, 0.3) is 32.9 Å². The number of phenols is 1. The lowest BCUT2D eigenvalue weighted by atomic mass is 9.95. The summed E-state index contributed by atoms with van der Waals surface area (Å²) in [5, 5.41) is 14.2. The van der Waals surface area contributed by atoms with Crippen molar-refractivity contribution < 1.29 is 27.8 Å². The largest absolute Gasteiger partial charge is 0.508 e. The molecule has 3 aliphatic rings. The van der Waals surface area contributed by atoms with Gasteiger partial charge in [0.15, 0.2) is 11.6 Å². The molecule has 2 aromatic carbocycles. The monoisotopic (exact) mass is 671 g/mol. The lowest BCUT2D eigenvalue weighted by Crippen LogP contribution is -2.46. The second-order valence-electron chi connectivity index (χ2n) is 13.2. The van der Waals surface area contributed by atoms with Crippen LogP contribution in [0.3, 0.4) is 0 Å². The summed E-state index contributed by atoms with van der Waals surface area (Å²) in [6.45, 7) is 7.08. The second kappa shape index (κ2) is 12.8. The van der Waals surface area contributed by atoms with Crippen molar-refractivity contribution in [1.29, 1.82) is 0 Å². The highest BCUT2D eigenvalue weighted by molar-refractivity contribution is 6.03. The minimum absolute atomic E-state index is 0.0295. The maximum absolute atomic E-state index is 16.9. The molecule has 3 aliphatic heterocycles. The van der Waals surface area contributed by atoms with Gasteiger partial charge in [0.2, 0.25) is 0 Å². The number of hydrogen-bond acceptors (Lipinski definition) is 9. The molecule has 2 aromatic heterocycles. The van der Waals surface area contributed by atoms with E-state index in [1.165, 1.54) is 30.5 Å². The summed E-state index contributed by atoms with van der Waals surface area (Å²) in [7, 11) is 1.88. The van der Waals surface area contributed by atoms with Gasteiger partial charge in [0.1, 0.15) is 35.2 Å². The number of carbonyl (C=O) groups is 1. The van der Waals surface area contributed by atoms with Crippen LogP contribution in [-0.4, -0.2) is 100 Å². The average molecular weight is 672 g/mol. The van der Waals surface area contributed by atoms with Crippen LogP contribution in [0.1, 0.15) is 31.2 Å². The van der Waals surface area contributed by atoms with Gasteiger partial charge in [0.25, 0.3) is 5.91 Å².